The second-order valence-corrected chi connectivity index (χ2v) is 10.7. The second kappa shape index (κ2) is 13.2. The highest BCUT2D eigenvalue weighted by Crippen LogP contribution is 2.38. The predicted octanol–water partition coefficient (Wildman–Crippen LogP) is 2.07. The molecular weight excluding hydrogens is 582 g/mol. The van der Waals surface area contributed by atoms with Crippen LogP contribution < -0.4 is 31.0 Å². The van der Waals surface area contributed by atoms with Gasteiger partial charge in [0.1, 0.15) is 29.6 Å². The molecule has 0 aliphatic carbocycles. The number of likely N-dealkylation sites (tertiary alicyclic amines) is 1. The van der Waals surface area contributed by atoms with Crippen LogP contribution in [0.2, 0.25) is 0 Å². The number of benzene rings is 1. The second-order valence-electron chi connectivity index (χ2n) is 10.7. The van der Waals surface area contributed by atoms with Gasteiger partial charge in [0.2, 0.25) is 0 Å². The van der Waals surface area contributed by atoms with Crippen molar-refractivity contribution in [2.75, 3.05) is 63.7 Å². The van der Waals surface area contributed by atoms with Crippen molar-refractivity contribution in [3.63, 3.8) is 0 Å². The Morgan fingerprint density at radius 2 is 2.02 bits per heavy atom. The smallest absolute Gasteiger partial charge is 0.309 e. The van der Waals surface area contributed by atoms with Gasteiger partial charge >= 0.3 is 5.97 Å². The van der Waals surface area contributed by atoms with Crippen molar-refractivity contribution in [2.45, 2.75) is 19.8 Å². The van der Waals surface area contributed by atoms with E-state index in [0.29, 0.717) is 66.8 Å². The summed E-state index contributed by atoms with van der Waals surface area (Å²) in [5, 5.41) is 14.5. The molecule has 1 aromatic carbocycles. The minimum Gasteiger partial charge on any atom is -0.494 e. The number of aromatic nitrogens is 5. The van der Waals surface area contributed by atoms with E-state index in [1.807, 2.05) is 19.1 Å². The minimum atomic E-state index is -0.404. The number of amides is 1. The SMILES string of the molecule is CCOC(=O)C1CCN(CCNC(=O)c2nn(-c3cc4c(cc3OC)NCCO4)c3cc(Nc4ncc[nH]c4=O)ncc23)CC1. The molecule has 6 rings (SSSR count). The molecule has 4 aromatic rings. The Bertz CT molecular complexity index is 1760. The van der Waals surface area contributed by atoms with Gasteiger partial charge in [-0.2, -0.15) is 5.10 Å². The first-order valence-corrected chi connectivity index (χ1v) is 14.9. The van der Waals surface area contributed by atoms with Crippen LogP contribution in [0, 0.1) is 5.92 Å². The molecule has 236 valence electrons. The van der Waals surface area contributed by atoms with E-state index >= 15 is 0 Å². The standard InChI is InChI=1S/C30H35N9O6/c1-3-44-30(42)18-4-10-38(11-5-18)12-8-34-28(40)26-19-17-35-25(36-27-29(41)33-7-6-32-27)16-21(19)39(37-26)22-15-23-20(14-24(22)43-2)31-9-13-45-23/h6-7,14-18,31H,3-5,8-13H2,1-2H3,(H,33,41)(H,34,40)(H,32,35,36). The number of esters is 1. The molecule has 3 aromatic heterocycles. The van der Waals surface area contributed by atoms with E-state index in [2.05, 4.69) is 35.8 Å². The number of aromatic amines is 1. The number of H-pyrrole nitrogens is 1. The molecule has 15 nitrogen and oxygen atoms in total. The monoisotopic (exact) mass is 617 g/mol. The zero-order chi connectivity index (χ0) is 31.3. The van der Waals surface area contributed by atoms with Crippen LogP contribution in [-0.2, 0) is 9.53 Å². The Labute approximate surface area is 258 Å². The molecule has 45 heavy (non-hydrogen) atoms. The summed E-state index contributed by atoms with van der Waals surface area (Å²) in [6.45, 7) is 5.91. The number of hydrogen-bond acceptors (Lipinski definition) is 12. The Kier molecular flexibility index (Phi) is 8.77. The number of pyridine rings is 1. The van der Waals surface area contributed by atoms with E-state index in [-0.39, 0.29) is 29.3 Å². The van der Waals surface area contributed by atoms with Crippen LogP contribution in [0.5, 0.6) is 11.5 Å². The molecule has 0 atom stereocenters. The lowest BCUT2D eigenvalue weighted by Gasteiger charge is -2.30. The van der Waals surface area contributed by atoms with Crippen molar-refractivity contribution in [1.29, 1.82) is 0 Å². The topological polar surface area (TPSA) is 178 Å². The van der Waals surface area contributed by atoms with Gasteiger partial charge in [0.25, 0.3) is 11.5 Å². The summed E-state index contributed by atoms with van der Waals surface area (Å²) >= 11 is 0. The molecule has 5 heterocycles. The van der Waals surface area contributed by atoms with E-state index in [1.54, 1.807) is 17.9 Å². The van der Waals surface area contributed by atoms with Gasteiger partial charge in [-0.05, 0) is 32.9 Å². The number of nitrogens with zero attached hydrogens (tertiary/aromatic N) is 5. The number of carbonyl (C=O) groups excluding carboxylic acids is 2. The Morgan fingerprint density at radius 3 is 2.80 bits per heavy atom. The third-order valence-electron chi connectivity index (χ3n) is 7.84. The van der Waals surface area contributed by atoms with Gasteiger partial charge in [-0.25, -0.2) is 14.6 Å². The first-order chi connectivity index (χ1) is 21.9. The van der Waals surface area contributed by atoms with Gasteiger partial charge in [0, 0.05) is 56.4 Å². The average molecular weight is 618 g/mol. The minimum absolute atomic E-state index is 0.0733. The van der Waals surface area contributed by atoms with Crippen LogP contribution in [-0.4, -0.2) is 94.6 Å². The van der Waals surface area contributed by atoms with Gasteiger partial charge in [-0.1, -0.05) is 0 Å². The van der Waals surface area contributed by atoms with Gasteiger partial charge < -0.3 is 40.0 Å². The zero-order valence-electron chi connectivity index (χ0n) is 25.1. The maximum atomic E-state index is 13.5. The number of anilines is 3. The van der Waals surface area contributed by atoms with E-state index in [1.165, 1.54) is 18.6 Å². The Hall–Kier alpha value is -5.18. The number of methoxy groups -OCH3 is 1. The fourth-order valence-corrected chi connectivity index (χ4v) is 5.54. The number of hydrogen-bond donors (Lipinski definition) is 4. The van der Waals surface area contributed by atoms with E-state index in [9.17, 15) is 14.4 Å². The summed E-state index contributed by atoms with van der Waals surface area (Å²) < 4.78 is 18.4. The van der Waals surface area contributed by atoms with Gasteiger partial charge in [-0.15, -0.1) is 0 Å². The Balaban J connectivity index is 1.27. The molecule has 2 aliphatic rings. The number of nitrogens with one attached hydrogen (secondary N) is 4. The molecule has 0 spiro atoms. The van der Waals surface area contributed by atoms with Crippen molar-refractivity contribution in [1.82, 2.24) is 34.9 Å². The van der Waals surface area contributed by atoms with E-state index < -0.39 is 5.56 Å². The number of rotatable bonds is 10. The van der Waals surface area contributed by atoms with Crippen molar-refractivity contribution in [3.05, 3.63) is 52.8 Å². The molecule has 2 aliphatic heterocycles. The normalized spacial score (nSPS) is 15.1. The first kappa shape index (κ1) is 29.9. The summed E-state index contributed by atoms with van der Waals surface area (Å²) in [4.78, 5) is 51.2. The molecule has 1 amide bonds. The highest BCUT2D eigenvalue weighted by atomic mass is 16.5. The average Bonchev–Trinajstić information content (AvgIpc) is 3.44. The summed E-state index contributed by atoms with van der Waals surface area (Å²) in [6, 6.07) is 5.33. The number of carbonyl (C=O) groups is 2. The van der Waals surface area contributed by atoms with E-state index in [4.69, 9.17) is 19.3 Å². The molecular formula is C30H35N9O6. The first-order valence-electron chi connectivity index (χ1n) is 14.9. The fourth-order valence-electron chi connectivity index (χ4n) is 5.54. The third kappa shape index (κ3) is 6.38. The maximum Gasteiger partial charge on any atom is 0.309 e. The van der Waals surface area contributed by atoms with Crippen LogP contribution in [0.1, 0.15) is 30.3 Å². The van der Waals surface area contributed by atoms with Crippen LogP contribution in [0.4, 0.5) is 17.3 Å². The van der Waals surface area contributed by atoms with Gasteiger partial charge in [0.05, 0.1) is 36.2 Å². The Morgan fingerprint density at radius 1 is 1.18 bits per heavy atom. The predicted molar refractivity (Wildman–Crippen MR) is 166 cm³/mol. The van der Waals surface area contributed by atoms with Gasteiger partial charge in [-0.3, -0.25) is 14.4 Å². The van der Waals surface area contributed by atoms with Crippen LogP contribution in [0.15, 0.2) is 41.6 Å². The molecule has 1 saturated heterocycles. The van der Waals surface area contributed by atoms with Crippen LogP contribution in [0.3, 0.4) is 0 Å². The highest BCUT2D eigenvalue weighted by molar-refractivity contribution is 6.05. The molecule has 1 fully saturated rings. The van der Waals surface area contributed by atoms with Crippen molar-refractivity contribution >= 4 is 40.1 Å². The van der Waals surface area contributed by atoms with Crippen molar-refractivity contribution in [2.24, 2.45) is 5.92 Å². The molecule has 15 heteroatoms. The van der Waals surface area contributed by atoms with Crippen LogP contribution in [0.25, 0.3) is 16.6 Å². The highest BCUT2D eigenvalue weighted by Gasteiger charge is 2.27. The fraction of sp³-hybridized carbons (Fsp3) is 0.400. The summed E-state index contributed by atoms with van der Waals surface area (Å²) in [5.74, 6) is 0.985. The molecule has 0 saturated carbocycles. The van der Waals surface area contributed by atoms with E-state index in [0.717, 1.165) is 31.6 Å². The summed E-state index contributed by atoms with van der Waals surface area (Å²) in [7, 11) is 1.56. The number of piperidine rings is 1. The number of fused-ring (bicyclic) bond motifs is 2. The van der Waals surface area contributed by atoms with Gasteiger partial charge in [0.15, 0.2) is 11.5 Å². The zero-order valence-corrected chi connectivity index (χ0v) is 25.1. The number of ether oxygens (including phenoxy) is 3. The lowest BCUT2D eigenvalue weighted by molar-refractivity contribution is -0.149. The summed E-state index contributed by atoms with van der Waals surface area (Å²) in [5.41, 5.74) is 1.68. The lowest BCUT2D eigenvalue weighted by Crippen LogP contribution is -2.41. The third-order valence-corrected chi connectivity index (χ3v) is 7.84. The van der Waals surface area contributed by atoms with Crippen molar-refractivity contribution < 1.29 is 23.8 Å². The molecule has 0 radical (unpaired) electrons. The maximum absolute atomic E-state index is 13.5. The molecule has 0 unspecified atom stereocenters. The quantitative estimate of drug-likeness (QED) is 0.191. The largest absolute Gasteiger partial charge is 0.494 e. The lowest BCUT2D eigenvalue weighted by atomic mass is 9.97. The molecule has 0 bridgehead atoms. The van der Waals surface area contributed by atoms with Crippen LogP contribution >= 0.6 is 0 Å². The molecule has 4 N–H and O–H groups in total. The van der Waals surface area contributed by atoms with Crippen molar-refractivity contribution in [3.8, 4) is 17.2 Å². The summed E-state index contributed by atoms with van der Waals surface area (Å²) in [6.07, 6.45) is 5.90.